The normalized spacial score (nSPS) is 14.2. The first-order chi connectivity index (χ1) is 6.22. The first-order valence-corrected chi connectivity index (χ1v) is 4.72. The molecule has 0 saturated carbocycles. The molecule has 0 spiro atoms. The highest BCUT2D eigenvalue weighted by atomic mass is 79.9. The van der Waals surface area contributed by atoms with Crippen molar-refractivity contribution in [2.45, 2.75) is 13.2 Å². The van der Waals surface area contributed by atoms with Gasteiger partial charge in [-0.15, -0.1) is 0 Å². The van der Waals surface area contributed by atoms with Crippen molar-refractivity contribution in [2.75, 3.05) is 0 Å². The van der Waals surface area contributed by atoms with Crippen LogP contribution in [0.5, 0.6) is 0 Å². The van der Waals surface area contributed by atoms with E-state index in [4.69, 9.17) is 5.11 Å². The van der Waals surface area contributed by atoms with Gasteiger partial charge in [-0.25, -0.2) is 0 Å². The van der Waals surface area contributed by atoms with Gasteiger partial charge >= 0.3 is 0 Å². The Labute approximate surface area is 83.9 Å². The van der Waals surface area contributed by atoms with E-state index in [0.29, 0.717) is 12.1 Å². The zero-order chi connectivity index (χ0) is 9.42. The number of aliphatic hydroxyl groups is 1. The van der Waals surface area contributed by atoms with Crippen molar-refractivity contribution in [3.8, 4) is 0 Å². The summed E-state index contributed by atoms with van der Waals surface area (Å²) in [5, 5.41) is 11.7. The van der Waals surface area contributed by atoms with Gasteiger partial charge in [0.2, 0.25) is 0 Å². The zero-order valence-electron chi connectivity index (χ0n) is 6.80. The number of hydrogen-bond donors (Lipinski definition) is 2. The summed E-state index contributed by atoms with van der Waals surface area (Å²) in [4.78, 5) is 11.3. The molecule has 3 nitrogen and oxygen atoms in total. The predicted octanol–water partition coefficient (Wildman–Crippen LogP) is 1.18. The van der Waals surface area contributed by atoms with Gasteiger partial charge in [0.05, 0.1) is 6.61 Å². The molecule has 0 saturated heterocycles. The maximum atomic E-state index is 11.3. The molecule has 0 fully saturated rings. The van der Waals surface area contributed by atoms with Crippen LogP contribution in [0.1, 0.15) is 21.5 Å². The van der Waals surface area contributed by atoms with E-state index in [-0.39, 0.29) is 12.5 Å². The number of fused-ring (bicyclic) bond motifs is 1. The summed E-state index contributed by atoms with van der Waals surface area (Å²) in [5.41, 5.74) is 2.39. The first-order valence-electron chi connectivity index (χ1n) is 3.92. The summed E-state index contributed by atoms with van der Waals surface area (Å²) >= 11 is 3.36. The van der Waals surface area contributed by atoms with E-state index in [2.05, 4.69) is 21.2 Å². The van der Waals surface area contributed by atoms with Crippen molar-refractivity contribution in [3.63, 3.8) is 0 Å². The van der Waals surface area contributed by atoms with Gasteiger partial charge in [0.25, 0.3) is 5.91 Å². The number of hydrogen-bond acceptors (Lipinski definition) is 2. The first kappa shape index (κ1) is 8.72. The van der Waals surface area contributed by atoms with Crippen LogP contribution in [0.25, 0.3) is 0 Å². The standard InChI is InChI=1S/C9H8BrNO2/c10-8-2-5(4-12)1-6-7(8)3-11-9(6)13/h1-2,12H,3-4H2,(H,11,13). The van der Waals surface area contributed by atoms with Gasteiger partial charge in [-0.05, 0) is 23.3 Å². The molecule has 68 valence electrons. The summed E-state index contributed by atoms with van der Waals surface area (Å²) in [6.45, 7) is 0.527. The Balaban J connectivity index is 2.60. The van der Waals surface area contributed by atoms with Crippen LogP contribution in [0.2, 0.25) is 0 Å². The highest BCUT2D eigenvalue weighted by molar-refractivity contribution is 9.10. The molecular weight excluding hydrogens is 234 g/mol. The van der Waals surface area contributed by atoms with E-state index in [1.165, 1.54) is 0 Å². The van der Waals surface area contributed by atoms with E-state index < -0.39 is 0 Å². The van der Waals surface area contributed by atoms with Crippen molar-refractivity contribution in [1.29, 1.82) is 0 Å². The quantitative estimate of drug-likeness (QED) is 0.776. The van der Waals surface area contributed by atoms with E-state index in [1.807, 2.05) is 6.07 Å². The molecule has 13 heavy (non-hydrogen) atoms. The fourth-order valence-corrected chi connectivity index (χ4v) is 2.08. The van der Waals surface area contributed by atoms with Crippen molar-refractivity contribution >= 4 is 21.8 Å². The molecule has 0 radical (unpaired) electrons. The SMILES string of the molecule is O=C1NCc2c(Br)cc(CO)cc21. The second kappa shape index (κ2) is 3.12. The van der Waals surface area contributed by atoms with Gasteiger partial charge in [0.15, 0.2) is 0 Å². The third kappa shape index (κ3) is 1.36. The minimum absolute atomic E-state index is 0.0425. The van der Waals surface area contributed by atoms with Crippen LogP contribution >= 0.6 is 15.9 Å². The van der Waals surface area contributed by atoms with E-state index in [1.54, 1.807) is 6.07 Å². The third-order valence-electron chi connectivity index (χ3n) is 2.11. The minimum atomic E-state index is -0.0639. The Morgan fingerprint density at radius 2 is 2.31 bits per heavy atom. The number of aliphatic hydroxyl groups excluding tert-OH is 1. The molecule has 0 aliphatic carbocycles. The van der Waals surface area contributed by atoms with Crippen molar-refractivity contribution < 1.29 is 9.90 Å². The Morgan fingerprint density at radius 1 is 1.54 bits per heavy atom. The number of carbonyl (C=O) groups is 1. The average molecular weight is 242 g/mol. The van der Waals surface area contributed by atoms with Gasteiger partial charge in [0, 0.05) is 16.6 Å². The third-order valence-corrected chi connectivity index (χ3v) is 2.82. The molecule has 1 aromatic rings. The molecule has 1 heterocycles. The van der Waals surface area contributed by atoms with E-state index in [9.17, 15) is 4.79 Å². The molecule has 1 amide bonds. The second-order valence-electron chi connectivity index (χ2n) is 2.94. The fraction of sp³-hybridized carbons (Fsp3) is 0.222. The van der Waals surface area contributed by atoms with E-state index >= 15 is 0 Å². The fourth-order valence-electron chi connectivity index (χ4n) is 1.43. The van der Waals surface area contributed by atoms with Crippen molar-refractivity contribution in [2.24, 2.45) is 0 Å². The zero-order valence-corrected chi connectivity index (χ0v) is 8.39. The Morgan fingerprint density at radius 3 is 3.00 bits per heavy atom. The molecule has 0 aromatic heterocycles. The summed E-state index contributed by atoms with van der Waals surface area (Å²) in [6, 6.07) is 3.56. The van der Waals surface area contributed by atoms with E-state index in [0.717, 1.165) is 15.6 Å². The van der Waals surface area contributed by atoms with Crippen LogP contribution in [0, 0.1) is 0 Å². The smallest absolute Gasteiger partial charge is 0.251 e. The summed E-state index contributed by atoms with van der Waals surface area (Å²) < 4.78 is 0.882. The van der Waals surface area contributed by atoms with Gasteiger partial charge in [-0.2, -0.15) is 0 Å². The Hall–Kier alpha value is -0.870. The van der Waals surface area contributed by atoms with Crippen LogP contribution in [0.15, 0.2) is 16.6 Å². The van der Waals surface area contributed by atoms with Crippen LogP contribution in [0.3, 0.4) is 0 Å². The molecule has 0 bridgehead atoms. The molecule has 0 unspecified atom stereocenters. The summed E-state index contributed by atoms with van der Waals surface area (Å²) in [6.07, 6.45) is 0. The van der Waals surface area contributed by atoms with Crippen LogP contribution in [0.4, 0.5) is 0 Å². The molecule has 1 aromatic carbocycles. The van der Waals surface area contributed by atoms with Crippen molar-refractivity contribution in [1.82, 2.24) is 5.32 Å². The van der Waals surface area contributed by atoms with Gasteiger partial charge in [-0.1, -0.05) is 15.9 Å². The highest BCUT2D eigenvalue weighted by Crippen LogP contribution is 2.26. The average Bonchev–Trinajstić information content (AvgIpc) is 2.48. The Kier molecular flexibility index (Phi) is 2.09. The number of benzene rings is 1. The minimum Gasteiger partial charge on any atom is -0.392 e. The number of rotatable bonds is 1. The van der Waals surface area contributed by atoms with Crippen LogP contribution in [-0.2, 0) is 13.2 Å². The van der Waals surface area contributed by atoms with Gasteiger partial charge < -0.3 is 10.4 Å². The number of amides is 1. The van der Waals surface area contributed by atoms with Crippen LogP contribution < -0.4 is 5.32 Å². The molecule has 0 atom stereocenters. The monoisotopic (exact) mass is 241 g/mol. The summed E-state index contributed by atoms with van der Waals surface area (Å²) in [7, 11) is 0. The highest BCUT2D eigenvalue weighted by Gasteiger charge is 2.21. The number of carbonyl (C=O) groups excluding carboxylic acids is 1. The maximum absolute atomic E-state index is 11.3. The molecule has 2 rings (SSSR count). The lowest BCUT2D eigenvalue weighted by molar-refractivity contribution is 0.0965. The predicted molar refractivity (Wildman–Crippen MR) is 51.2 cm³/mol. The topological polar surface area (TPSA) is 49.3 Å². The molecule has 4 heteroatoms. The lowest BCUT2D eigenvalue weighted by Crippen LogP contribution is -2.12. The maximum Gasteiger partial charge on any atom is 0.251 e. The molecule has 1 aliphatic heterocycles. The van der Waals surface area contributed by atoms with Gasteiger partial charge in [0.1, 0.15) is 0 Å². The largest absolute Gasteiger partial charge is 0.392 e. The molecule has 2 N–H and O–H groups in total. The molecular formula is C9H8BrNO2. The second-order valence-corrected chi connectivity index (χ2v) is 3.80. The van der Waals surface area contributed by atoms with Gasteiger partial charge in [-0.3, -0.25) is 4.79 Å². The molecule has 1 aliphatic rings. The van der Waals surface area contributed by atoms with Crippen molar-refractivity contribution in [3.05, 3.63) is 33.3 Å². The van der Waals surface area contributed by atoms with Crippen LogP contribution in [-0.4, -0.2) is 11.0 Å². The summed E-state index contributed by atoms with van der Waals surface area (Å²) in [5.74, 6) is -0.0639. The Bertz CT molecular complexity index is 376. The lowest BCUT2D eigenvalue weighted by Gasteiger charge is -2.02. The number of nitrogens with one attached hydrogen (secondary N) is 1. The number of halogens is 1. The lowest BCUT2D eigenvalue weighted by atomic mass is 10.1.